The summed E-state index contributed by atoms with van der Waals surface area (Å²) in [6.07, 6.45) is 7.94. The van der Waals surface area contributed by atoms with Crippen molar-refractivity contribution in [3.8, 4) is 0 Å². The van der Waals surface area contributed by atoms with Crippen LogP contribution in [0.3, 0.4) is 0 Å². The lowest BCUT2D eigenvalue weighted by Crippen LogP contribution is -2.53. The summed E-state index contributed by atoms with van der Waals surface area (Å²) < 4.78 is 0. The second-order valence-electron chi connectivity index (χ2n) is 4.05. The van der Waals surface area contributed by atoms with Gasteiger partial charge in [-0.15, -0.1) is 6.58 Å². The van der Waals surface area contributed by atoms with Crippen LogP contribution in [-0.2, 0) is 0 Å². The van der Waals surface area contributed by atoms with Gasteiger partial charge >= 0.3 is 0 Å². The minimum Gasteiger partial charge on any atom is -0.385 e. The van der Waals surface area contributed by atoms with E-state index < -0.39 is 5.60 Å². The van der Waals surface area contributed by atoms with E-state index in [2.05, 4.69) is 6.58 Å². The first-order chi connectivity index (χ1) is 5.26. The van der Waals surface area contributed by atoms with Gasteiger partial charge in [0.25, 0.3) is 0 Å². The molecule has 3 atom stereocenters. The van der Waals surface area contributed by atoms with Gasteiger partial charge in [0, 0.05) is 0 Å². The third-order valence-electron chi connectivity index (χ3n) is 3.49. The lowest BCUT2D eigenvalue weighted by molar-refractivity contribution is -0.118. The summed E-state index contributed by atoms with van der Waals surface area (Å²) in [5.74, 6) is 1.36. The SMILES string of the molecule is C=C[C@@]1(O)C[C@@H]2CCCC[C@@H]21. The first kappa shape index (κ1) is 7.35. The van der Waals surface area contributed by atoms with Crippen LogP contribution >= 0.6 is 0 Å². The lowest BCUT2D eigenvalue weighted by atomic mass is 9.56. The summed E-state index contributed by atoms with van der Waals surface area (Å²) in [5.41, 5.74) is -0.481. The third-order valence-corrected chi connectivity index (χ3v) is 3.49. The van der Waals surface area contributed by atoms with Gasteiger partial charge in [0.05, 0.1) is 5.60 Å². The molecular formula is C10H16O. The zero-order valence-electron chi connectivity index (χ0n) is 6.92. The molecule has 0 aliphatic heterocycles. The van der Waals surface area contributed by atoms with Gasteiger partial charge < -0.3 is 5.11 Å². The molecule has 62 valence electrons. The second-order valence-corrected chi connectivity index (χ2v) is 4.05. The summed E-state index contributed by atoms with van der Waals surface area (Å²) >= 11 is 0. The van der Waals surface area contributed by atoms with E-state index in [0.29, 0.717) is 5.92 Å². The van der Waals surface area contributed by atoms with E-state index >= 15 is 0 Å². The predicted molar refractivity (Wildman–Crippen MR) is 45.2 cm³/mol. The van der Waals surface area contributed by atoms with Crippen LogP contribution in [0.1, 0.15) is 32.1 Å². The van der Waals surface area contributed by atoms with E-state index in [1.165, 1.54) is 25.7 Å². The van der Waals surface area contributed by atoms with Crippen LogP contribution in [0.5, 0.6) is 0 Å². The van der Waals surface area contributed by atoms with Crippen LogP contribution in [-0.4, -0.2) is 10.7 Å². The van der Waals surface area contributed by atoms with Gasteiger partial charge in [0.2, 0.25) is 0 Å². The van der Waals surface area contributed by atoms with E-state index in [0.717, 1.165) is 12.3 Å². The van der Waals surface area contributed by atoms with Gasteiger partial charge in [0.15, 0.2) is 0 Å². The molecule has 2 saturated carbocycles. The molecule has 0 unspecified atom stereocenters. The quantitative estimate of drug-likeness (QED) is 0.570. The first-order valence-corrected chi connectivity index (χ1v) is 4.62. The number of hydrogen-bond donors (Lipinski definition) is 1. The zero-order valence-corrected chi connectivity index (χ0v) is 6.92. The van der Waals surface area contributed by atoms with Crippen LogP contribution in [0.4, 0.5) is 0 Å². The molecule has 0 aromatic rings. The summed E-state index contributed by atoms with van der Waals surface area (Å²) in [6, 6.07) is 0. The molecule has 2 aliphatic rings. The van der Waals surface area contributed by atoms with Crippen LogP contribution in [0.2, 0.25) is 0 Å². The minimum absolute atomic E-state index is 0.481. The topological polar surface area (TPSA) is 20.2 Å². The van der Waals surface area contributed by atoms with Crippen LogP contribution in [0.25, 0.3) is 0 Å². The maximum absolute atomic E-state index is 9.90. The van der Waals surface area contributed by atoms with Crippen molar-refractivity contribution in [2.45, 2.75) is 37.7 Å². The van der Waals surface area contributed by atoms with Gasteiger partial charge in [-0.3, -0.25) is 0 Å². The Hall–Kier alpha value is -0.300. The molecule has 0 bridgehead atoms. The molecule has 1 N–H and O–H groups in total. The summed E-state index contributed by atoms with van der Waals surface area (Å²) in [7, 11) is 0. The molecule has 0 spiro atoms. The molecule has 0 radical (unpaired) electrons. The first-order valence-electron chi connectivity index (χ1n) is 4.62. The molecule has 0 aromatic carbocycles. The van der Waals surface area contributed by atoms with Crippen molar-refractivity contribution in [1.82, 2.24) is 0 Å². The van der Waals surface area contributed by atoms with Crippen molar-refractivity contribution in [2.75, 3.05) is 0 Å². The Balaban J connectivity index is 2.06. The fourth-order valence-corrected chi connectivity index (χ4v) is 2.76. The number of fused-ring (bicyclic) bond motifs is 1. The summed E-state index contributed by atoms with van der Waals surface area (Å²) in [6.45, 7) is 3.70. The standard InChI is InChI=1S/C10H16O/c1-2-10(11)7-8-5-3-4-6-9(8)10/h2,8-9,11H,1,3-7H2/t8-,9-,10+/m0/s1. The Morgan fingerprint density at radius 1 is 1.36 bits per heavy atom. The molecule has 1 heteroatoms. The van der Waals surface area contributed by atoms with Crippen LogP contribution in [0.15, 0.2) is 12.7 Å². The molecular weight excluding hydrogens is 136 g/mol. The number of rotatable bonds is 1. The predicted octanol–water partition coefficient (Wildman–Crippen LogP) is 2.11. The Bertz CT molecular complexity index is 176. The van der Waals surface area contributed by atoms with E-state index in [1.807, 2.05) is 0 Å². The van der Waals surface area contributed by atoms with E-state index in [-0.39, 0.29) is 0 Å². The highest BCUT2D eigenvalue weighted by atomic mass is 16.3. The van der Waals surface area contributed by atoms with Crippen molar-refractivity contribution in [1.29, 1.82) is 0 Å². The normalized spacial score (nSPS) is 49.2. The summed E-state index contributed by atoms with van der Waals surface area (Å²) in [5, 5.41) is 9.90. The van der Waals surface area contributed by atoms with E-state index in [4.69, 9.17) is 0 Å². The second kappa shape index (κ2) is 2.34. The fourth-order valence-electron chi connectivity index (χ4n) is 2.76. The third kappa shape index (κ3) is 0.943. The molecule has 2 fully saturated rings. The van der Waals surface area contributed by atoms with Crippen molar-refractivity contribution in [3.05, 3.63) is 12.7 Å². The average molecular weight is 152 g/mol. The Labute approximate surface area is 68.1 Å². The van der Waals surface area contributed by atoms with Crippen LogP contribution < -0.4 is 0 Å². The average Bonchev–Trinajstić information content (AvgIpc) is 2.02. The van der Waals surface area contributed by atoms with E-state index in [1.54, 1.807) is 6.08 Å². The molecule has 1 nitrogen and oxygen atoms in total. The van der Waals surface area contributed by atoms with Crippen molar-refractivity contribution in [3.63, 3.8) is 0 Å². The zero-order chi connectivity index (χ0) is 7.90. The van der Waals surface area contributed by atoms with E-state index in [9.17, 15) is 5.11 Å². The van der Waals surface area contributed by atoms with Crippen molar-refractivity contribution >= 4 is 0 Å². The van der Waals surface area contributed by atoms with Gasteiger partial charge in [0.1, 0.15) is 0 Å². The van der Waals surface area contributed by atoms with Gasteiger partial charge in [-0.2, -0.15) is 0 Å². The lowest BCUT2D eigenvalue weighted by Gasteiger charge is -2.53. The Kier molecular flexibility index (Phi) is 1.57. The molecule has 0 amide bonds. The maximum atomic E-state index is 9.90. The molecule has 0 saturated heterocycles. The highest BCUT2D eigenvalue weighted by Crippen LogP contribution is 2.52. The molecule has 0 aromatic heterocycles. The van der Waals surface area contributed by atoms with Gasteiger partial charge in [-0.1, -0.05) is 18.9 Å². The number of hydrogen-bond acceptors (Lipinski definition) is 1. The minimum atomic E-state index is -0.481. The number of aliphatic hydroxyl groups is 1. The highest BCUT2D eigenvalue weighted by Gasteiger charge is 2.50. The molecule has 11 heavy (non-hydrogen) atoms. The Morgan fingerprint density at radius 2 is 2.09 bits per heavy atom. The molecule has 2 rings (SSSR count). The Morgan fingerprint density at radius 3 is 2.73 bits per heavy atom. The fraction of sp³-hybridized carbons (Fsp3) is 0.800. The van der Waals surface area contributed by atoms with Crippen molar-refractivity contribution in [2.24, 2.45) is 11.8 Å². The summed E-state index contributed by atoms with van der Waals surface area (Å²) in [4.78, 5) is 0. The van der Waals surface area contributed by atoms with Gasteiger partial charge in [-0.25, -0.2) is 0 Å². The van der Waals surface area contributed by atoms with Crippen molar-refractivity contribution < 1.29 is 5.11 Å². The van der Waals surface area contributed by atoms with Crippen LogP contribution in [0, 0.1) is 11.8 Å². The maximum Gasteiger partial charge on any atom is 0.0858 e. The smallest absolute Gasteiger partial charge is 0.0858 e. The molecule has 2 aliphatic carbocycles. The molecule has 0 heterocycles. The largest absolute Gasteiger partial charge is 0.385 e. The highest BCUT2D eigenvalue weighted by molar-refractivity contribution is 5.12. The van der Waals surface area contributed by atoms with Gasteiger partial charge in [-0.05, 0) is 31.1 Å². The monoisotopic (exact) mass is 152 g/mol.